The maximum absolute atomic E-state index is 13.2. The molecule has 2 amide bonds. The second-order valence-electron chi connectivity index (χ2n) is 9.17. The number of carbonyl (C=O) groups excluding carboxylic acids is 2. The van der Waals surface area contributed by atoms with Crippen molar-refractivity contribution in [3.63, 3.8) is 0 Å². The molecule has 0 saturated carbocycles. The molecule has 0 bridgehead atoms. The molecule has 2 saturated heterocycles. The summed E-state index contributed by atoms with van der Waals surface area (Å²) in [7, 11) is 1.78. The summed E-state index contributed by atoms with van der Waals surface area (Å²) in [5.74, 6) is 0.520. The molecule has 1 aromatic rings. The van der Waals surface area contributed by atoms with E-state index in [0.29, 0.717) is 18.0 Å². The Balaban J connectivity index is 1.26. The fraction of sp³-hybridized carbons (Fsp3) is 0.680. The number of amides is 2. The standard InChI is InChI=1S/C25H36N2O5/c1-3-4-5-6-7-8-9-10-11-12-15-27-24(28)21-22(26(2)32-23(21)25(27)29)18-13-14-19-20(16-18)31-17-30-19/h13-14,16,21-23H,3-12,15,17H2,1-2H3. The quantitative estimate of drug-likeness (QED) is 0.346. The molecule has 3 heterocycles. The van der Waals surface area contributed by atoms with Crippen LogP contribution in [0.3, 0.4) is 0 Å². The van der Waals surface area contributed by atoms with Gasteiger partial charge in [0.2, 0.25) is 12.7 Å². The van der Waals surface area contributed by atoms with E-state index in [1.165, 1.54) is 49.8 Å². The number of hydrogen-bond donors (Lipinski definition) is 0. The van der Waals surface area contributed by atoms with Gasteiger partial charge in [0.25, 0.3) is 5.91 Å². The van der Waals surface area contributed by atoms with Crippen molar-refractivity contribution in [1.29, 1.82) is 0 Å². The number of hydroxylamine groups is 2. The number of nitrogens with zero attached hydrogens (tertiary/aromatic N) is 2. The minimum Gasteiger partial charge on any atom is -0.454 e. The summed E-state index contributed by atoms with van der Waals surface area (Å²) < 4.78 is 10.9. The van der Waals surface area contributed by atoms with Crippen molar-refractivity contribution in [3.05, 3.63) is 23.8 Å². The largest absolute Gasteiger partial charge is 0.454 e. The van der Waals surface area contributed by atoms with Gasteiger partial charge in [-0.25, -0.2) is 0 Å². The van der Waals surface area contributed by atoms with E-state index >= 15 is 0 Å². The van der Waals surface area contributed by atoms with Crippen LogP contribution < -0.4 is 9.47 Å². The van der Waals surface area contributed by atoms with Crippen molar-refractivity contribution < 1.29 is 23.9 Å². The summed E-state index contributed by atoms with van der Waals surface area (Å²) in [5.41, 5.74) is 0.895. The van der Waals surface area contributed by atoms with E-state index in [-0.39, 0.29) is 24.6 Å². The van der Waals surface area contributed by atoms with Gasteiger partial charge in [0, 0.05) is 13.6 Å². The number of unbranched alkanes of at least 4 members (excludes halogenated alkanes) is 9. The van der Waals surface area contributed by atoms with Crippen LogP contribution in [0.1, 0.15) is 82.7 Å². The first-order valence-corrected chi connectivity index (χ1v) is 12.3. The average molecular weight is 445 g/mol. The van der Waals surface area contributed by atoms with E-state index in [1.54, 1.807) is 12.1 Å². The summed E-state index contributed by atoms with van der Waals surface area (Å²) in [6, 6.07) is 5.34. The molecule has 0 aliphatic carbocycles. The number of benzene rings is 1. The molecule has 7 heteroatoms. The van der Waals surface area contributed by atoms with Gasteiger partial charge in [-0.15, -0.1) is 0 Å². The zero-order chi connectivity index (χ0) is 22.5. The predicted molar refractivity (Wildman–Crippen MR) is 120 cm³/mol. The lowest BCUT2D eigenvalue weighted by atomic mass is 9.91. The summed E-state index contributed by atoms with van der Waals surface area (Å²) >= 11 is 0. The molecule has 0 radical (unpaired) electrons. The first-order chi connectivity index (χ1) is 15.6. The van der Waals surface area contributed by atoms with Gasteiger partial charge in [0.05, 0.1) is 12.0 Å². The van der Waals surface area contributed by atoms with Crippen LogP contribution in [0.5, 0.6) is 11.5 Å². The van der Waals surface area contributed by atoms with Crippen LogP contribution in [-0.2, 0) is 14.4 Å². The molecule has 3 aliphatic heterocycles. The van der Waals surface area contributed by atoms with Crippen LogP contribution in [0, 0.1) is 5.92 Å². The fourth-order valence-corrected chi connectivity index (χ4v) is 5.10. The third-order valence-electron chi connectivity index (χ3n) is 6.87. The minimum absolute atomic E-state index is 0.122. The van der Waals surface area contributed by atoms with Crippen molar-refractivity contribution in [2.75, 3.05) is 20.4 Å². The van der Waals surface area contributed by atoms with Crippen molar-refractivity contribution in [1.82, 2.24) is 9.96 Å². The van der Waals surface area contributed by atoms with E-state index < -0.39 is 12.0 Å². The van der Waals surface area contributed by atoms with Crippen LogP contribution in [0.25, 0.3) is 0 Å². The summed E-state index contributed by atoms with van der Waals surface area (Å²) in [5, 5.41) is 1.64. The topological polar surface area (TPSA) is 68.3 Å². The predicted octanol–water partition coefficient (Wildman–Crippen LogP) is 4.61. The molecule has 3 aliphatic rings. The zero-order valence-corrected chi connectivity index (χ0v) is 19.4. The molecule has 0 spiro atoms. The molecule has 2 fully saturated rings. The van der Waals surface area contributed by atoms with E-state index in [1.807, 2.05) is 18.2 Å². The fourth-order valence-electron chi connectivity index (χ4n) is 5.10. The van der Waals surface area contributed by atoms with Gasteiger partial charge in [-0.05, 0) is 24.1 Å². The molecule has 1 aromatic carbocycles. The smallest absolute Gasteiger partial charge is 0.261 e. The molecule has 176 valence electrons. The van der Waals surface area contributed by atoms with Crippen LogP contribution in [-0.4, -0.2) is 48.3 Å². The molecule has 0 N–H and O–H groups in total. The Kier molecular flexibility index (Phi) is 7.68. The number of carbonyl (C=O) groups is 2. The number of imide groups is 1. The number of fused-ring (bicyclic) bond motifs is 2. The van der Waals surface area contributed by atoms with Crippen LogP contribution in [0.4, 0.5) is 0 Å². The molecule has 32 heavy (non-hydrogen) atoms. The molecular weight excluding hydrogens is 408 g/mol. The van der Waals surface area contributed by atoms with Crippen molar-refractivity contribution in [2.45, 2.75) is 83.3 Å². The average Bonchev–Trinajstić information content (AvgIpc) is 3.45. The van der Waals surface area contributed by atoms with Gasteiger partial charge >= 0.3 is 0 Å². The maximum atomic E-state index is 13.2. The lowest BCUT2D eigenvalue weighted by Gasteiger charge is -2.24. The van der Waals surface area contributed by atoms with Crippen molar-refractivity contribution in [3.8, 4) is 11.5 Å². The highest BCUT2D eigenvalue weighted by Gasteiger charge is 2.58. The summed E-state index contributed by atoms with van der Waals surface area (Å²) in [6.45, 7) is 2.93. The van der Waals surface area contributed by atoms with E-state index in [2.05, 4.69) is 6.92 Å². The highest BCUT2D eigenvalue weighted by Crippen LogP contribution is 2.45. The van der Waals surface area contributed by atoms with Gasteiger partial charge in [0.15, 0.2) is 17.6 Å². The normalized spacial score (nSPS) is 24.6. The third-order valence-corrected chi connectivity index (χ3v) is 6.87. The number of hydrogen-bond acceptors (Lipinski definition) is 6. The Morgan fingerprint density at radius 3 is 2.25 bits per heavy atom. The minimum atomic E-state index is -0.731. The van der Waals surface area contributed by atoms with Crippen molar-refractivity contribution in [2.24, 2.45) is 5.92 Å². The van der Waals surface area contributed by atoms with Gasteiger partial charge in [-0.3, -0.25) is 19.3 Å². The highest BCUT2D eigenvalue weighted by atomic mass is 16.7. The van der Waals surface area contributed by atoms with E-state index in [0.717, 1.165) is 24.8 Å². The Morgan fingerprint density at radius 2 is 1.53 bits per heavy atom. The number of rotatable bonds is 12. The zero-order valence-electron chi connectivity index (χ0n) is 19.4. The molecule has 4 rings (SSSR count). The monoisotopic (exact) mass is 444 g/mol. The van der Waals surface area contributed by atoms with Crippen LogP contribution in [0.2, 0.25) is 0 Å². The lowest BCUT2D eigenvalue weighted by Crippen LogP contribution is -2.36. The lowest BCUT2D eigenvalue weighted by molar-refractivity contribution is -0.169. The SMILES string of the molecule is CCCCCCCCCCCCN1C(=O)C2ON(C)C(c3ccc4c(c3)OCO4)C2C1=O. The van der Waals surface area contributed by atoms with Gasteiger partial charge in [-0.2, -0.15) is 5.06 Å². The third kappa shape index (κ3) is 4.79. The Labute approximate surface area is 190 Å². The van der Waals surface area contributed by atoms with Gasteiger partial charge < -0.3 is 9.47 Å². The maximum Gasteiger partial charge on any atom is 0.261 e. The molecule has 0 aromatic heterocycles. The van der Waals surface area contributed by atoms with Gasteiger partial charge in [-0.1, -0.05) is 70.8 Å². The van der Waals surface area contributed by atoms with Crippen LogP contribution in [0.15, 0.2) is 18.2 Å². The highest BCUT2D eigenvalue weighted by molar-refractivity contribution is 6.07. The Hall–Kier alpha value is -2.12. The Bertz CT molecular complexity index is 814. The summed E-state index contributed by atoms with van der Waals surface area (Å²) in [6.07, 6.45) is 11.5. The second-order valence-corrected chi connectivity index (χ2v) is 9.17. The summed E-state index contributed by atoms with van der Waals surface area (Å²) in [4.78, 5) is 33.4. The first kappa shape index (κ1) is 23.1. The van der Waals surface area contributed by atoms with Gasteiger partial charge in [0.1, 0.15) is 0 Å². The number of ether oxygens (including phenoxy) is 2. The second kappa shape index (κ2) is 10.7. The molecular formula is C25H36N2O5. The van der Waals surface area contributed by atoms with Crippen LogP contribution >= 0.6 is 0 Å². The van der Waals surface area contributed by atoms with Crippen molar-refractivity contribution >= 4 is 11.8 Å². The Morgan fingerprint density at radius 1 is 0.875 bits per heavy atom. The van der Waals surface area contributed by atoms with E-state index in [4.69, 9.17) is 14.3 Å². The molecule has 7 nitrogen and oxygen atoms in total. The van der Waals surface area contributed by atoms with E-state index in [9.17, 15) is 9.59 Å². The number of likely N-dealkylation sites (tertiary alicyclic amines) is 1. The molecule has 3 atom stereocenters. The first-order valence-electron chi connectivity index (χ1n) is 12.3. The molecule has 3 unspecified atom stereocenters.